The zero-order valence-electron chi connectivity index (χ0n) is 9.39. The molecule has 1 heterocycles. The number of ether oxygens (including phenoxy) is 1. The van der Waals surface area contributed by atoms with Crippen molar-refractivity contribution in [2.24, 2.45) is 0 Å². The zero-order chi connectivity index (χ0) is 16.6. The third-order valence-corrected chi connectivity index (χ3v) is 3.69. The molecule has 0 atom stereocenters. The van der Waals surface area contributed by atoms with Crippen molar-refractivity contribution >= 4 is 35.7 Å². The van der Waals surface area contributed by atoms with Crippen LogP contribution in [0, 0.1) is 0 Å². The van der Waals surface area contributed by atoms with Crippen molar-refractivity contribution in [3.05, 3.63) is 17.3 Å². The van der Waals surface area contributed by atoms with Crippen LogP contribution in [0.5, 0.6) is 5.75 Å². The van der Waals surface area contributed by atoms with Gasteiger partial charge in [0.05, 0.1) is 0 Å². The van der Waals surface area contributed by atoms with Crippen LogP contribution in [0.2, 0.25) is 0 Å². The van der Waals surface area contributed by atoms with Gasteiger partial charge in [-0.3, -0.25) is 0 Å². The van der Waals surface area contributed by atoms with E-state index in [1.165, 1.54) is 0 Å². The molecule has 0 aliphatic heterocycles. The lowest BCUT2D eigenvalue weighted by atomic mass is 10.2. The first kappa shape index (κ1) is 18.3. The number of hydrogen-bond donors (Lipinski definition) is 0. The Bertz CT molecular complexity index is 645. The molecule has 0 saturated carbocycles. The van der Waals surface area contributed by atoms with Gasteiger partial charge in [0.15, 0.2) is 16.5 Å². The van der Waals surface area contributed by atoms with Crippen molar-refractivity contribution in [3.8, 4) is 5.75 Å². The molecule has 0 aliphatic carbocycles. The standard InChI is InChI=1S/C8H3BrClF6NO3S/c9-2-3-1-4(21(10,18)19)17-6(7(11,12)13)5(3)20-8(14,15)16/h1H,2H2. The first-order valence-electron chi connectivity index (χ1n) is 4.63. The Balaban J connectivity index is 3.69. The predicted molar refractivity (Wildman–Crippen MR) is 61.6 cm³/mol. The summed E-state index contributed by atoms with van der Waals surface area (Å²) in [7, 11) is 0.184. The van der Waals surface area contributed by atoms with E-state index in [0.717, 1.165) is 0 Å². The average Bonchev–Trinajstić information content (AvgIpc) is 2.23. The van der Waals surface area contributed by atoms with Gasteiger partial charge in [0.25, 0.3) is 9.05 Å². The van der Waals surface area contributed by atoms with Gasteiger partial charge >= 0.3 is 12.5 Å². The highest BCUT2D eigenvalue weighted by Crippen LogP contribution is 2.41. The molecule has 0 amide bonds. The molecule has 0 radical (unpaired) electrons. The SMILES string of the molecule is O=S(=O)(Cl)c1cc(CBr)c(OC(F)(F)F)c(C(F)(F)F)n1. The highest BCUT2D eigenvalue weighted by atomic mass is 79.9. The fourth-order valence-corrected chi connectivity index (χ4v) is 2.34. The largest absolute Gasteiger partial charge is 0.573 e. The van der Waals surface area contributed by atoms with E-state index >= 15 is 0 Å². The summed E-state index contributed by atoms with van der Waals surface area (Å²) in [6, 6.07) is 0.452. The fraction of sp³-hybridized carbons (Fsp3) is 0.375. The maximum absolute atomic E-state index is 12.7. The first-order valence-corrected chi connectivity index (χ1v) is 8.06. The summed E-state index contributed by atoms with van der Waals surface area (Å²) >= 11 is 2.64. The molecule has 0 spiro atoms. The van der Waals surface area contributed by atoms with Crippen LogP contribution in [0.1, 0.15) is 11.3 Å². The van der Waals surface area contributed by atoms with Crippen LogP contribution in [0.15, 0.2) is 11.1 Å². The molecule has 0 unspecified atom stereocenters. The number of nitrogens with zero attached hydrogens (tertiary/aromatic N) is 1. The molecule has 0 saturated heterocycles. The molecule has 21 heavy (non-hydrogen) atoms. The fourth-order valence-electron chi connectivity index (χ4n) is 1.21. The monoisotopic (exact) mass is 421 g/mol. The van der Waals surface area contributed by atoms with Crippen molar-refractivity contribution in [2.45, 2.75) is 22.9 Å². The summed E-state index contributed by atoms with van der Waals surface area (Å²) in [5.41, 5.74) is -2.87. The van der Waals surface area contributed by atoms with Crippen molar-refractivity contribution in [1.29, 1.82) is 0 Å². The molecule has 1 aromatic heterocycles. The summed E-state index contributed by atoms with van der Waals surface area (Å²) in [5.74, 6) is -1.64. The van der Waals surface area contributed by atoms with Crippen molar-refractivity contribution < 1.29 is 39.5 Å². The summed E-state index contributed by atoms with van der Waals surface area (Å²) in [4.78, 5) is 2.62. The Morgan fingerprint density at radius 2 is 1.76 bits per heavy atom. The molecule has 0 aromatic carbocycles. The molecule has 0 fully saturated rings. The Kier molecular flexibility index (Phi) is 5.05. The second-order valence-corrected chi connectivity index (χ2v) is 6.49. The Hall–Kier alpha value is -0.750. The van der Waals surface area contributed by atoms with E-state index in [1.807, 2.05) is 0 Å². The summed E-state index contributed by atoms with van der Waals surface area (Å²) in [5, 5.41) is -1.79. The van der Waals surface area contributed by atoms with Gasteiger partial charge < -0.3 is 4.74 Å². The molecule has 0 aliphatic rings. The van der Waals surface area contributed by atoms with Crippen LogP contribution in [-0.2, 0) is 20.6 Å². The first-order chi connectivity index (χ1) is 9.25. The van der Waals surface area contributed by atoms with E-state index in [0.29, 0.717) is 6.07 Å². The van der Waals surface area contributed by atoms with E-state index in [-0.39, 0.29) is 0 Å². The molecule has 120 valence electrons. The van der Waals surface area contributed by atoms with Crippen LogP contribution in [0.25, 0.3) is 0 Å². The quantitative estimate of drug-likeness (QED) is 0.422. The zero-order valence-corrected chi connectivity index (χ0v) is 12.5. The smallest absolute Gasteiger partial charge is 0.403 e. The normalized spacial score (nSPS) is 13.3. The van der Waals surface area contributed by atoms with Gasteiger partial charge in [-0.1, -0.05) is 15.9 Å². The van der Waals surface area contributed by atoms with E-state index in [4.69, 9.17) is 10.7 Å². The highest BCUT2D eigenvalue weighted by Gasteiger charge is 2.43. The average molecular weight is 423 g/mol. The lowest BCUT2D eigenvalue weighted by Crippen LogP contribution is -2.23. The van der Waals surface area contributed by atoms with Gasteiger partial charge in [0.1, 0.15) is 0 Å². The van der Waals surface area contributed by atoms with Gasteiger partial charge in [0, 0.05) is 21.6 Å². The van der Waals surface area contributed by atoms with Crippen molar-refractivity contribution in [2.75, 3.05) is 0 Å². The Morgan fingerprint density at radius 1 is 1.24 bits per heavy atom. The van der Waals surface area contributed by atoms with Crippen LogP contribution in [-0.4, -0.2) is 19.8 Å². The second-order valence-electron chi connectivity index (χ2n) is 3.41. The molecular formula is C8H3BrClF6NO3S. The van der Waals surface area contributed by atoms with Gasteiger partial charge in [-0.2, -0.15) is 13.2 Å². The van der Waals surface area contributed by atoms with Crippen LogP contribution in [0.3, 0.4) is 0 Å². The van der Waals surface area contributed by atoms with Crippen LogP contribution in [0.4, 0.5) is 26.3 Å². The minimum absolute atomic E-state index is 0.452. The molecule has 4 nitrogen and oxygen atoms in total. The Morgan fingerprint density at radius 3 is 2.10 bits per heavy atom. The van der Waals surface area contributed by atoms with Crippen molar-refractivity contribution in [3.63, 3.8) is 0 Å². The van der Waals surface area contributed by atoms with E-state index in [2.05, 4.69) is 25.7 Å². The molecule has 0 bridgehead atoms. The number of hydrogen-bond acceptors (Lipinski definition) is 4. The van der Waals surface area contributed by atoms with E-state index in [9.17, 15) is 34.8 Å². The number of pyridine rings is 1. The minimum atomic E-state index is -5.42. The topological polar surface area (TPSA) is 56.3 Å². The van der Waals surface area contributed by atoms with E-state index in [1.54, 1.807) is 0 Å². The molecule has 13 heteroatoms. The highest BCUT2D eigenvalue weighted by molar-refractivity contribution is 9.08. The lowest BCUT2D eigenvalue weighted by molar-refractivity contribution is -0.276. The molecule has 1 aromatic rings. The second kappa shape index (κ2) is 5.80. The summed E-state index contributed by atoms with van der Waals surface area (Å²) < 4.78 is 100. The number of alkyl halides is 7. The van der Waals surface area contributed by atoms with Crippen molar-refractivity contribution in [1.82, 2.24) is 4.98 Å². The summed E-state index contributed by atoms with van der Waals surface area (Å²) in [6.07, 6.45) is -10.8. The van der Waals surface area contributed by atoms with Gasteiger partial charge in [-0.25, -0.2) is 13.4 Å². The van der Waals surface area contributed by atoms with Gasteiger partial charge in [-0.15, -0.1) is 13.2 Å². The predicted octanol–water partition coefficient (Wildman–Crippen LogP) is 3.82. The summed E-state index contributed by atoms with van der Waals surface area (Å²) in [6.45, 7) is 0. The Labute approximate surface area is 126 Å². The van der Waals surface area contributed by atoms with E-state index < -0.39 is 49.0 Å². The third kappa shape index (κ3) is 4.88. The lowest BCUT2D eigenvalue weighted by Gasteiger charge is -2.17. The molecular weight excluding hydrogens is 420 g/mol. The van der Waals surface area contributed by atoms with Crippen LogP contribution >= 0.6 is 26.6 Å². The number of halogens is 8. The van der Waals surface area contributed by atoms with Crippen LogP contribution < -0.4 is 4.74 Å². The maximum Gasteiger partial charge on any atom is 0.573 e. The molecule has 0 N–H and O–H groups in total. The minimum Gasteiger partial charge on any atom is -0.403 e. The number of aromatic nitrogens is 1. The number of rotatable bonds is 3. The third-order valence-electron chi connectivity index (χ3n) is 1.91. The van der Waals surface area contributed by atoms with Gasteiger partial charge in [-0.05, 0) is 6.07 Å². The maximum atomic E-state index is 12.7. The van der Waals surface area contributed by atoms with Gasteiger partial charge in [0.2, 0.25) is 0 Å². The molecule has 1 rings (SSSR count).